The van der Waals surface area contributed by atoms with Crippen molar-refractivity contribution in [3.63, 3.8) is 0 Å². The molecule has 0 saturated carbocycles. The Morgan fingerprint density at radius 3 is 2.30 bits per heavy atom. The smallest absolute Gasteiger partial charge is 0.159 e. The van der Waals surface area contributed by atoms with Gasteiger partial charge < -0.3 is 24.6 Å². The summed E-state index contributed by atoms with van der Waals surface area (Å²) in [6, 6.07) is 10.5. The number of aryl methyl sites for hydroxylation is 2. The van der Waals surface area contributed by atoms with E-state index in [0.717, 1.165) is 86.8 Å². The number of imidazole rings is 1. The minimum atomic E-state index is 0.736. The maximum Gasteiger partial charge on any atom is 0.159 e. The number of hydrogen-bond acceptors (Lipinski definition) is 7. The van der Waals surface area contributed by atoms with Gasteiger partial charge in [-0.25, -0.2) is 4.98 Å². The molecule has 8 nitrogen and oxygen atoms in total. The van der Waals surface area contributed by atoms with E-state index in [0.29, 0.717) is 0 Å². The molecular formula is C22H28N6O2. The van der Waals surface area contributed by atoms with Gasteiger partial charge in [-0.15, -0.1) is 5.10 Å². The molecule has 2 fully saturated rings. The van der Waals surface area contributed by atoms with Crippen molar-refractivity contribution in [1.29, 1.82) is 0 Å². The highest BCUT2D eigenvalue weighted by Gasteiger charge is 2.20. The fourth-order valence-electron chi connectivity index (χ4n) is 4.14. The summed E-state index contributed by atoms with van der Waals surface area (Å²) < 4.78 is 13.0. The molecule has 0 aliphatic carbocycles. The second-order valence-corrected chi connectivity index (χ2v) is 7.81. The molecule has 4 heterocycles. The van der Waals surface area contributed by atoms with E-state index >= 15 is 0 Å². The van der Waals surface area contributed by atoms with Crippen LogP contribution >= 0.6 is 0 Å². The molecule has 0 radical (unpaired) electrons. The zero-order valence-electron chi connectivity index (χ0n) is 17.6. The van der Waals surface area contributed by atoms with E-state index in [1.165, 1.54) is 5.69 Å². The molecule has 8 heteroatoms. The Labute approximate surface area is 176 Å². The Bertz CT molecular complexity index is 1040. The SMILES string of the molecule is Cc1nc2c(C)cc(N3CCOCC3)nn2c1Nc1ccccc1N1CCOCC1. The molecule has 1 N–H and O–H groups in total. The lowest BCUT2D eigenvalue weighted by Gasteiger charge is -2.30. The van der Waals surface area contributed by atoms with Gasteiger partial charge in [0.25, 0.3) is 0 Å². The van der Waals surface area contributed by atoms with E-state index in [2.05, 4.69) is 52.4 Å². The number of ether oxygens (including phenoxy) is 2. The van der Waals surface area contributed by atoms with E-state index in [1.807, 2.05) is 11.4 Å². The number of rotatable bonds is 4. The topological polar surface area (TPSA) is 67.2 Å². The lowest BCUT2D eigenvalue weighted by atomic mass is 10.2. The number of morpholine rings is 2. The average molecular weight is 409 g/mol. The molecule has 2 saturated heterocycles. The average Bonchev–Trinajstić information content (AvgIpc) is 3.11. The number of nitrogens with one attached hydrogen (secondary N) is 1. The van der Waals surface area contributed by atoms with Crippen LogP contribution in [0.2, 0.25) is 0 Å². The number of aromatic nitrogens is 3. The van der Waals surface area contributed by atoms with Crippen molar-refractivity contribution >= 4 is 28.7 Å². The second-order valence-electron chi connectivity index (χ2n) is 7.81. The number of hydrogen-bond donors (Lipinski definition) is 1. The third-order valence-corrected chi connectivity index (χ3v) is 5.77. The molecular weight excluding hydrogens is 380 g/mol. The second kappa shape index (κ2) is 8.12. The summed E-state index contributed by atoms with van der Waals surface area (Å²) in [6.07, 6.45) is 0. The minimum absolute atomic E-state index is 0.736. The highest BCUT2D eigenvalue weighted by molar-refractivity contribution is 5.76. The molecule has 0 amide bonds. The van der Waals surface area contributed by atoms with Crippen molar-refractivity contribution in [2.75, 3.05) is 67.7 Å². The van der Waals surface area contributed by atoms with Gasteiger partial charge in [0.05, 0.1) is 43.5 Å². The normalized spacial score (nSPS) is 17.5. The standard InChI is InChI=1S/C22H28N6O2/c1-16-15-20(27-9-13-30-14-10-27)25-28-21(16)23-17(2)22(28)24-18-5-3-4-6-19(18)26-7-11-29-12-8-26/h3-6,15,24H,7-14H2,1-2H3. The summed E-state index contributed by atoms with van der Waals surface area (Å²) in [4.78, 5) is 9.44. The third-order valence-electron chi connectivity index (χ3n) is 5.77. The Morgan fingerprint density at radius 2 is 1.57 bits per heavy atom. The van der Waals surface area contributed by atoms with Crippen molar-refractivity contribution in [3.8, 4) is 0 Å². The van der Waals surface area contributed by atoms with Crippen molar-refractivity contribution < 1.29 is 9.47 Å². The van der Waals surface area contributed by atoms with Crippen LogP contribution in [0.4, 0.5) is 23.0 Å². The van der Waals surface area contributed by atoms with Crippen LogP contribution in [0.1, 0.15) is 11.3 Å². The predicted molar refractivity (Wildman–Crippen MR) is 118 cm³/mol. The molecule has 3 aromatic rings. The Kier molecular flexibility index (Phi) is 5.18. The number of benzene rings is 1. The molecule has 0 atom stereocenters. The quantitative estimate of drug-likeness (QED) is 0.712. The van der Waals surface area contributed by atoms with Gasteiger partial charge in [-0.1, -0.05) is 12.1 Å². The predicted octanol–water partition coefficient (Wildman–Crippen LogP) is 2.76. The number of para-hydroxylation sites is 2. The molecule has 0 bridgehead atoms. The van der Waals surface area contributed by atoms with Crippen molar-refractivity contribution in [3.05, 3.63) is 41.6 Å². The molecule has 5 rings (SSSR count). The van der Waals surface area contributed by atoms with E-state index < -0.39 is 0 Å². The van der Waals surface area contributed by atoms with Gasteiger partial charge in [0.15, 0.2) is 11.5 Å². The summed E-state index contributed by atoms with van der Waals surface area (Å²) in [5.74, 6) is 1.87. The van der Waals surface area contributed by atoms with Crippen LogP contribution in [0, 0.1) is 13.8 Å². The van der Waals surface area contributed by atoms with Crippen molar-refractivity contribution in [2.24, 2.45) is 0 Å². The molecule has 1 aromatic carbocycles. The summed E-state index contributed by atoms with van der Waals surface area (Å²) in [6.45, 7) is 10.6. The molecule has 158 valence electrons. The first-order chi connectivity index (χ1) is 14.7. The maximum absolute atomic E-state index is 5.53. The fraction of sp³-hybridized carbons (Fsp3) is 0.455. The highest BCUT2D eigenvalue weighted by atomic mass is 16.5. The first-order valence-electron chi connectivity index (χ1n) is 10.6. The van der Waals surface area contributed by atoms with Crippen LogP contribution in [-0.4, -0.2) is 67.2 Å². The first kappa shape index (κ1) is 19.1. The summed E-state index contributed by atoms with van der Waals surface area (Å²) in [5.41, 5.74) is 5.17. The Hall–Kier alpha value is -2.84. The third kappa shape index (κ3) is 3.57. The Morgan fingerprint density at radius 1 is 0.900 bits per heavy atom. The van der Waals surface area contributed by atoms with Gasteiger partial charge in [-0.2, -0.15) is 4.52 Å². The molecule has 2 aliphatic rings. The molecule has 0 spiro atoms. The van der Waals surface area contributed by atoms with Gasteiger partial charge in [0, 0.05) is 26.2 Å². The molecule has 30 heavy (non-hydrogen) atoms. The van der Waals surface area contributed by atoms with Gasteiger partial charge in [0.1, 0.15) is 5.82 Å². The molecule has 2 aliphatic heterocycles. The lowest BCUT2D eigenvalue weighted by molar-refractivity contribution is 0.122. The zero-order chi connectivity index (χ0) is 20.5. The zero-order valence-corrected chi connectivity index (χ0v) is 17.6. The van der Waals surface area contributed by atoms with Gasteiger partial charge in [-0.3, -0.25) is 0 Å². The summed E-state index contributed by atoms with van der Waals surface area (Å²) >= 11 is 0. The van der Waals surface area contributed by atoms with Crippen LogP contribution in [0.3, 0.4) is 0 Å². The molecule has 0 unspecified atom stereocenters. The maximum atomic E-state index is 5.53. The van der Waals surface area contributed by atoms with Crippen LogP contribution in [0.15, 0.2) is 30.3 Å². The lowest BCUT2D eigenvalue weighted by Crippen LogP contribution is -2.37. The first-order valence-corrected chi connectivity index (χ1v) is 10.6. The van der Waals surface area contributed by atoms with Crippen LogP contribution in [0.25, 0.3) is 5.65 Å². The van der Waals surface area contributed by atoms with E-state index in [-0.39, 0.29) is 0 Å². The largest absolute Gasteiger partial charge is 0.378 e. The van der Waals surface area contributed by atoms with Crippen LogP contribution in [-0.2, 0) is 9.47 Å². The fourth-order valence-corrected chi connectivity index (χ4v) is 4.14. The van der Waals surface area contributed by atoms with E-state index in [4.69, 9.17) is 19.6 Å². The Balaban J connectivity index is 1.53. The number of nitrogens with zero attached hydrogens (tertiary/aromatic N) is 5. The van der Waals surface area contributed by atoms with Gasteiger partial charge in [-0.05, 0) is 37.6 Å². The van der Waals surface area contributed by atoms with Gasteiger partial charge >= 0.3 is 0 Å². The number of anilines is 4. The van der Waals surface area contributed by atoms with E-state index in [1.54, 1.807) is 0 Å². The summed E-state index contributed by atoms with van der Waals surface area (Å²) in [5, 5.41) is 8.58. The molecule has 2 aromatic heterocycles. The number of fused-ring (bicyclic) bond motifs is 1. The van der Waals surface area contributed by atoms with E-state index in [9.17, 15) is 0 Å². The summed E-state index contributed by atoms with van der Waals surface area (Å²) in [7, 11) is 0. The monoisotopic (exact) mass is 408 g/mol. The highest BCUT2D eigenvalue weighted by Crippen LogP contribution is 2.31. The van der Waals surface area contributed by atoms with Crippen LogP contribution in [0.5, 0.6) is 0 Å². The van der Waals surface area contributed by atoms with Gasteiger partial charge in [0.2, 0.25) is 0 Å². The van der Waals surface area contributed by atoms with Crippen LogP contribution < -0.4 is 15.1 Å². The van der Waals surface area contributed by atoms with Crippen molar-refractivity contribution in [1.82, 2.24) is 14.6 Å². The minimum Gasteiger partial charge on any atom is -0.378 e. The van der Waals surface area contributed by atoms with Crippen molar-refractivity contribution in [2.45, 2.75) is 13.8 Å².